The molecular weight excluding hydrogens is 531 g/mol. The normalized spacial score (nSPS) is 10.9. The van der Waals surface area contributed by atoms with Crippen LogP contribution in [0.15, 0.2) is 70.7 Å². The van der Waals surface area contributed by atoms with Crippen molar-refractivity contribution in [3.05, 3.63) is 97.4 Å². The molecule has 3 rings (SSSR count). The number of nitrogens with one attached hydrogen (secondary N) is 1. The summed E-state index contributed by atoms with van der Waals surface area (Å²) in [4.78, 5) is 23.6. The molecule has 9 heteroatoms. The molecule has 0 saturated heterocycles. The van der Waals surface area contributed by atoms with Crippen LogP contribution in [-0.2, 0) is 11.4 Å². The molecule has 0 fully saturated rings. The third kappa shape index (κ3) is 6.36. The number of anilines is 1. The van der Waals surface area contributed by atoms with Gasteiger partial charge < -0.3 is 15.2 Å². The van der Waals surface area contributed by atoms with Gasteiger partial charge in [0, 0.05) is 16.3 Å². The maximum atomic E-state index is 12.5. The smallest absolute Gasteiger partial charge is 0.335 e. The first-order chi connectivity index (χ1) is 15.8. The number of ether oxygens (including phenoxy) is 1. The van der Waals surface area contributed by atoms with E-state index >= 15 is 0 Å². The Hall–Kier alpha value is -3.31. The second-order valence-corrected chi connectivity index (χ2v) is 8.37. The topological polar surface area (TPSA) is 99.4 Å². The Kier molecular flexibility index (Phi) is 8.12. The van der Waals surface area contributed by atoms with E-state index in [9.17, 15) is 14.9 Å². The van der Waals surface area contributed by atoms with Crippen molar-refractivity contribution in [2.75, 3.05) is 5.32 Å². The summed E-state index contributed by atoms with van der Waals surface area (Å²) in [5, 5.41) is 21.9. The van der Waals surface area contributed by atoms with Gasteiger partial charge in [-0.25, -0.2) is 4.79 Å². The van der Waals surface area contributed by atoms with E-state index < -0.39 is 11.9 Å². The number of amides is 1. The Morgan fingerprint density at radius 1 is 1.09 bits per heavy atom. The van der Waals surface area contributed by atoms with E-state index in [1.165, 1.54) is 30.3 Å². The van der Waals surface area contributed by atoms with Crippen molar-refractivity contribution in [1.82, 2.24) is 0 Å². The van der Waals surface area contributed by atoms with Crippen LogP contribution in [-0.4, -0.2) is 17.0 Å². The minimum absolute atomic E-state index is 0.0124. The fraction of sp³-hybridized carbons (Fsp3) is 0.0417. The zero-order valence-corrected chi connectivity index (χ0v) is 19.9. The van der Waals surface area contributed by atoms with E-state index in [-0.39, 0.29) is 28.5 Å². The number of halogens is 3. The third-order valence-electron chi connectivity index (χ3n) is 4.39. The van der Waals surface area contributed by atoms with Gasteiger partial charge in [0.25, 0.3) is 5.91 Å². The number of carboxylic acid groups (broad SMARTS) is 1. The monoisotopic (exact) mass is 544 g/mol. The van der Waals surface area contributed by atoms with Gasteiger partial charge in [-0.1, -0.05) is 47.5 Å². The molecule has 0 bridgehead atoms. The van der Waals surface area contributed by atoms with Crippen LogP contribution in [0.2, 0.25) is 10.0 Å². The summed E-state index contributed by atoms with van der Waals surface area (Å²) in [6.45, 7) is 0.203. The average molecular weight is 546 g/mol. The molecule has 0 aliphatic heterocycles. The second kappa shape index (κ2) is 11.0. The molecule has 0 saturated carbocycles. The van der Waals surface area contributed by atoms with Gasteiger partial charge in [-0.05, 0) is 64.0 Å². The Labute approximate surface area is 208 Å². The van der Waals surface area contributed by atoms with Crippen molar-refractivity contribution in [2.45, 2.75) is 6.61 Å². The lowest BCUT2D eigenvalue weighted by molar-refractivity contribution is -0.112. The molecule has 6 nitrogen and oxygen atoms in total. The van der Waals surface area contributed by atoms with Crippen LogP contribution in [0.3, 0.4) is 0 Å². The highest BCUT2D eigenvalue weighted by atomic mass is 79.9. The summed E-state index contributed by atoms with van der Waals surface area (Å²) < 4.78 is 6.33. The molecule has 0 radical (unpaired) electrons. The number of benzene rings is 3. The van der Waals surface area contributed by atoms with Crippen LogP contribution in [0, 0.1) is 11.3 Å². The molecule has 0 spiro atoms. The summed E-state index contributed by atoms with van der Waals surface area (Å²) in [6, 6.07) is 18.0. The van der Waals surface area contributed by atoms with Gasteiger partial charge in [-0.3, -0.25) is 4.79 Å². The van der Waals surface area contributed by atoms with Crippen LogP contribution in [0.25, 0.3) is 6.08 Å². The molecule has 3 aromatic carbocycles. The Morgan fingerprint density at radius 3 is 2.52 bits per heavy atom. The van der Waals surface area contributed by atoms with Gasteiger partial charge in [0.1, 0.15) is 18.2 Å². The number of hydrogen-bond acceptors (Lipinski definition) is 4. The van der Waals surface area contributed by atoms with Gasteiger partial charge in [0.15, 0.2) is 5.75 Å². The van der Waals surface area contributed by atoms with Crippen molar-refractivity contribution in [2.24, 2.45) is 0 Å². The van der Waals surface area contributed by atoms with Gasteiger partial charge in [0.05, 0.1) is 15.1 Å². The summed E-state index contributed by atoms with van der Waals surface area (Å²) in [7, 11) is 0. The van der Waals surface area contributed by atoms with Crippen LogP contribution in [0.4, 0.5) is 5.69 Å². The van der Waals surface area contributed by atoms with Gasteiger partial charge in [0.2, 0.25) is 0 Å². The van der Waals surface area contributed by atoms with Crippen LogP contribution >= 0.6 is 39.1 Å². The van der Waals surface area contributed by atoms with E-state index in [0.717, 1.165) is 5.56 Å². The van der Waals surface area contributed by atoms with Crippen LogP contribution in [0.1, 0.15) is 21.5 Å². The SMILES string of the molecule is N#C/C(=C/c1cc(Cl)c(OCc2ccccc2Cl)c(Br)c1)C(=O)Nc1cccc(C(=O)O)c1. The summed E-state index contributed by atoms with van der Waals surface area (Å²) in [5.74, 6) is -1.42. The number of nitrogens with zero attached hydrogens (tertiary/aromatic N) is 1. The zero-order chi connectivity index (χ0) is 24.0. The maximum absolute atomic E-state index is 12.5. The Bertz CT molecular complexity index is 1280. The summed E-state index contributed by atoms with van der Waals surface area (Å²) >= 11 is 15.9. The molecule has 2 N–H and O–H groups in total. The molecule has 0 unspecified atom stereocenters. The van der Waals surface area contributed by atoms with Crippen molar-refractivity contribution in [1.29, 1.82) is 5.26 Å². The molecule has 0 aliphatic carbocycles. The number of rotatable bonds is 7. The standard InChI is InChI=1S/C24H15BrCl2N2O4/c25-19-9-14(10-21(27)22(19)33-13-16-4-1-2-7-20(16)26)8-17(12-28)23(30)29-18-6-3-5-15(11-18)24(31)32/h1-11H,13H2,(H,29,30)(H,31,32)/b17-8-. The highest BCUT2D eigenvalue weighted by molar-refractivity contribution is 9.10. The zero-order valence-electron chi connectivity index (χ0n) is 16.8. The summed E-state index contributed by atoms with van der Waals surface area (Å²) in [5.41, 5.74) is 1.36. The minimum Gasteiger partial charge on any atom is -0.486 e. The number of carbonyl (C=O) groups is 2. The average Bonchev–Trinajstić information content (AvgIpc) is 2.78. The third-order valence-corrected chi connectivity index (χ3v) is 5.63. The molecule has 1 amide bonds. The maximum Gasteiger partial charge on any atom is 0.335 e. The van der Waals surface area contributed by atoms with E-state index in [0.29, 0.717) is 20.8 Å². The van der Waals surface area contributed by atoms with E-state index in [1.54, 1.807) is 18.2 Å². The number of carboxylic acids is 1. The molecular formula is C24H15BrCl2N2O4. The van der Waals surface area contributed by atoms with Crippen LogP contribution < -0.4 is 10.1 Å². The van der Waals surface area contributed by atoms with Gasteiger partial charge >= 0.3 is 5.97 Å². The molecule has 0 aliphatic rings. The molecule has 0 atom stereocenters. The van der Waals surface area contributed by atoms with Crippen molar-refractivity contribution in [3.8, 4) is 11.8 Å². The fourth-order valence-corrected chi connectivity index (χ4v) is 3.99. The first kappa shape index (κ1) is 24.3. The quantitative estimate of drug-likeness (QED) is 0.258. The van der Waals surface area contributed by atoms with E-state index in [1.807, 2.05) is 24.3 Å². The lowest BCUT2D eigenvalue weighted by atomic mass is 10.1. The van der Waals surface area contributed by atoms with E-state index in [2.05, 4.69) is 21.2 Å². The molecule has 33 heavy (non-hydrogen) atoms. The summed E-state index contributed by atoms with van der Waals surface area (Å²) in [6.07, 6.45) is 1.37. The van der Waals surface area contributed by atoms with Gasteiger partial charge in [-0.15, -0.1) is 0 Å². The Balaban J connectivity index is 1.79. The highest BCUT2D eigenvalue weighted by Gasteiger charge is 2.14. The molecule has 3 aromatic rings. The predicted octanol–water partition coefficient (Wildman–Crippen LogP) is 6.58. The fourth-order valence-electron chi connectivity index (χ4n) is 2.81. The van der Waals surface area contributed by atoms with Gasteiger partial charge in [-0.2, -0.15) is 5.26 Å². The van der Waals surface area contributed by atoms with Crippen molar-refractivity contribution >= 4 is 62.8 Å². The van der Waals surface area contributed by atoms with Crippen molar-refractivity contribution in [3.63, 3.8) is 0 Å². The largest absolute Gasteiger partial charge is 0.486 e. The molecule has 166 valence electrons. The molecule has 0 aromatic heterocycles. The molecule has 0 heterocycles. The number of aromatic carboxylic acids is 1. The lowest BCUT2D eigenvalue weighted by Crippen LogP contribution is -2.14. The lowest BCUT2D eigenvalue weighted by Gasteiger charge is -2.12. The predicted molar refractivity (Wildman–Crippen MR) is 131 cm³/mol. The minimum atomic E-state index is -1.13. The second-order valence-electron chi connectivity index (χ2n) is 6.70. The number of carbonyl (C=O) groups excluding carboxylic acids is 1. The highest BCUT2D eigenvalue weighted by Crippen LogP contribution is 2.36. The number of nitriles is 1. The van der Waals surface area contributed by atoms with Crippen LogP contribution in [0.5, 0.6) is 5.75 Å². The van der Waals surface area contributed by atoms with E-state index in [4.69, 9.17) is 33.0 Å². The van der Waals surface area contributed by atoms with Crippen molar-refractivity contribution < 1.29 is 19.4 Å². The first-order valence-electron chi connectivity index (χ1n) is 9.40. The first-order valence-corrected chi connectivity index (χ1v) is 10.9. The Morgan fingerprint density at radius 2 is 1.85 bits per heavy atom. The number of hydrogen-bond donors (Lipinski definition) is 2.